The number of nitrogens with zero attached hydrogens (tertiary/aromatic N) is 6. The van der Waals surface area contributed by atoms with Crippen LogP contribution in [0.4, 0.5) is 10.3 Å². The van der Waals surface area contributed by atoms with Crippen LogP contribution in [0.5, 0.6) is 11.6 Å². The molecule has 0 spiro atoms. The Labute approximate surface area is 215 Å². The van der Waals surface area contributed by atoms with Gasteiger partial charge in [-0.15, -0.1) is 0 Å². The summed E-state index contributed by atoms with van der Waals surface area (Å²) in [5.41, 5.74) is 1.80. The number of halogens is 1. The maximum Gasteiger partial charge on any atom is 0.244 e. The van der Waals surface area contributed by atoms with Crippen molar-refractivity contribution < 1.29 is 17.5 Å². The van der Waals surface area contributed by atoms with Gasteiger partial charge in [-0.3, -0.25) is 0 Å². The van der Waals surface area contributed by atoms with Gasteiger partial charge in [0.05, 0.1) is 21.7 Å². The van der Waals surface area contributed by atoms with E-state index in [0.717, 1.165) is 31.9 Å². The van der Waals surface area contributed by atoms with Crippen LogP contribution in [0.3, 0.4) is 0 Å². The Bertz CT molecular complexity index is 1480. The number of nitriles is 1. The minimum Gasteiger partial charge on any atom is -0.438 e. The Morgan fingerprint density at radius 3 is 2.54 bits per heavy atom. The van der Waals surface area contributed by atoms with Crippen molar-refractivity contribution in [2.24, 2.45) is 0 Å². The molecule has 1 saturated heterocycles. The molecule has 37 heavy (non-hydrogen) atoms. The van der Waals surface area contributed by atoms with E-state index in [-0.39, 0.29) is 35.2 Å². The topological polar surface area (TPSA) is 103 Å². The molecule has 0 atom stereocenters. The van der Waals surface area contributed by atoms with Crippen molar-refractivity contribution in [2.45, 2.75) is 24.8 Å². The van der Waals surface area contributed by atoms with Gasteiger partial charge < -0.3 is 14.5 Å². The lowest BCUT2D eigenvalue weighted by atomic mass is 10.1. The fourth-order valence-electron chi connectivity index (χ4n) is 4.50. The first-order chi connectivity index (χ1) is 17.8. The van der Waals surface area contributed by atoms with E-state index in [1.807, 2.05) is 6.07 Å². The molecule has 1 fully saturated rings. The molecule has 192 valence electrons. The highest BCUT2D eigenvalue weighted by molar-refractivity contribution is 7.89. The molecule has 1 aromatic heterocycles. The third kappa shape index (κ3) is 5.00. The molecule has 0 radical (unpaired) electrons. The van der Waals surface area contributed by atoms with Crippen molar-refractivity contribution in [3.8, 4) is 17.7 Å². The number of anilines is 1. The van der Waals surface area contributed by atoms with Crippen molar-refractivity contribution in [3.63, 3.8) is 0 Å². The molecular formula is C26H27FN6O3S. The molecule has 0 saturated carbocycles. The second-order valence-corrected chi connectivity index (χ2v) is 11.2. The summed E-state index contributed by atoms with van der Waals surface area (Å²) in [5.74, 6) is 0.841. The lowest BCUT2D eigenvalue weighted by molar-refractivity contribution is 0.310. The molecule has 3 aromatic rings. The van der Waals surface area contributed by atoms with Crippen LogP contribution < -0.4 is 9.64 Å². The summed E-state index contributed by atoms with van der Waals surface area (Å²) in [6.45, 7) is 5.12. The molecule has 0 bridgehead atoms. The number of aromatic nitrogens is 2. The molecule has 0 amide bonds. The molecule has 0 aliphatic carbocycles. The summed E-state index contributed by atoms with van der Waals surface area (Å²) >= 11 is 0. The number of likely N-dealkylation sites (N-methyl/N-ethyl adjacent to an activating group) is 1. The minimum atomic E-state index is -3.95. The van der Waals surface area contributed by atoms with Crippen LogP contribution in [-0.2, 0) is 23.0 Å². The Morgan fingerprint density at radius 1 is 1.05 bits per heavy atom. The van der Waals surface area contributed by atoms with Gasteiger partial charge in [-0.2, -0.15) is 14.6 Å². The van der Waals surface area contributed by atoms with E-state index in [1.165, 1.54) is 28.6 Å². The first kappa shape index (κ1) is 25.1. The van der Waals surface area contributed by atoms with Crippen LogP contribution in [0.1, 0.15) is 22.4 Å². The third-order valence-corrected chi connectivity index (χ3v) is 8.63. The van der Waals surface area contributed by atoms with Gasteiger partial charge in [-0.25, -0.2) is 17.8 Å². The van der Waals surface area contributed by atoms with E-state index in [9.17, 15) is 18.1 Å². The van der Waals surface area contributed by atoms with Gasteiger partial charge in [-0.05, 0) is 49.9 Å². The predicted molar refractivity (Wildman–Crippen MR) is 135 cm³/mol. The van der Waals surface area contributed by atoms with Gasteiger partial charge in [0.1, 0.15) is 17.6 Å². The Balaban J connectivity index is 1.53. The van der Waals surface area contributed by atoms with Crippen molar-refractivity contribution >= 4 is 16.0 Å². The number of hydrogen-bond acceptors (Lipinski definition) is 8. The van der Waals surface area contributed by atoms with E-state index in [2.05, 4.69) is 16.8 Å². The standard InChI is InChI=1S/C26H27FN6O3S/c1-18-15-20(7-8-22(18)27)36-25-21-17-33(37(34,35)24-6-4-3-5-19(24)16-28)10-9-23(21)29-26(30-25)32-13-11-31(2)12-14-32/h3-8,15H,9-14,17H2,1-2H3. The van der Waals surface area contributed by atoms with Gasteiger partial charge in [0.2, 0.25) is 21.9 Å². The highest BCUT2D eigenvalue weighted by Crippen LogP contribution is 2.34. The number of rotatable bonds is 5. The highest BCUT2D eigenvalue weighted by atomic mass is 32.2. The van der Waals surface area contributed by atoms with Crippen LogP contribution in [-0.4, -0.2) is 67.4 Å². The molecule has 9 nitrogen and oxygen atoms in total. The fourth-order valence-corrected chi connectivity index (χ4v) is 6.05. The van der Waals surface area contributed by atoms with E-state index < -0.39 is 10.0 Å². The van der Waals surface area contributed by atoms with Crippen molar-refractivity contribution in [1.82, 2.24) is 19.2 Å². The first-order valence-corrected chi connectivity index (χ1v) is 13.5. The zero-order valence-electron chi connectivity index (χ0n) is 20.7. The molecule has 0 N–H and O–H groups in total. The van der Waals surface area contributed by atoms with E-state index in [0.29, 0.717) is 29.2 Å². The first-order valence-electron chi connectivity index (χ1n) is 12.0. The van der Waals surface area contributed by atoms with Crippen molar-refractivity contribution in [3.05, 3.63) is 70.7 Å². The number of benzene rings is 2. The average Bonchev–Trinajstić information content (AvgIpc) is 2.90. The number of aryl methyl sites for hydroxylation is 1. The van der Waals surface area contributed by atoms with E-state index >= 15 is 0 Å². The maximum atomic E-state index is 13.9. The van der Waals surface area contributed by atoms with Crippen LogP contribution >= 0.6 is 0 Å². The summed E-state index contributed by atoms with van der Waals surface area (Å²) in [5, 5.41) is 9.45. The Hall–Kier alpha value is -3.59. The van der Waals surface area contributed by atoms with Crippen molar-refractivity contribution in [1.29, 1.82) is 5.26 Å². The van der Waals surface area contributed by atoms with Crippen LogP contribution in [0.2, 0.25) is 0 Å². The summed E-state index contributed by atoms with van der Waals surface area (Å²) < 4.78 is 48.4. The number of ether oxygens (including phenoxy) is 1. The SMILES string of the molecule is Cc1cc(Oc2nc(N3CCN(C)CC3)nc3c2CN(S(=O)(=O)c2ccccc2C#N)CC3)ccc1F. The zero-order valence-corrected chi connectivity index (χ0v) is 21.5. The van der Waals surface area contributed by atoms with Crippen LogP contribution in [0, 0.1) is 24.1 Å². The summed E-state index contributed by atoms with van der Waals surface area (Å²) in [4.78, 5) is 13.8. The molecular weight excluding hydrogens is 495 g/mol. The van der Waals surface area contributed by atoms with E-state index in [1.54, 1.807) is 25.1 Å². The molecule has 2 aliphatic rings. The number of sulfonamides is 1. The predicted octanol–water partition coefficient (Wildman–Crippen LogP) is 3.09. The normalized spacial score (nSPS) is 16.8. The van der Waals surface area contributed by atoms with Gasteiger partial charge in [0.15, 0.2) is 0 Å². The Kier molecular flexibility index (Phi) is 6.81. The largest absolute Gasteiger partial charge is 0.438 e. The highest BCUT2D eigenvalue weighted by Gasteiger charge is 2.34. The monoisotopic (exact) mass is 522 g/mol. The molecule has 11 heteroatoms. The number of piperazine rings is 1. The summed E-state index contributed by atoms with van der Waals surface area (Å²) in [6.07, 6.45) is 0.366. The van der Waals surface area contributed by atoms with E-state index in [4.69, 9.17) is 14.7 Å². The van der Waals surface area contributed by atoms with Gasteiger partial charge in [0, 0.05) is 45.7 Å². The average molecular weight is 523 g/mol. The minimum absolute atomic E-state index is 0.00401. The lowest BCUT2D eigenvalue weighted by Gasteiger charge is -2.34. The van der Waals surface area contributed by atoms with Gasteiger partial charge >= 0.3 is 0 Å². The van der Waals surface area contributed by atoms with Gasteiger partial charge in [-0.1, -0.05) is 12.1 Å². The Morgan fingerprint density at radius 2 is 1.81 bits per heavy atom. The zero-order chi connectivity index (χ0) is 26.2. The molecule has 5 rings (SSSR count). The summed E-state index contributed by atoms with van der Waals surface area (Å²) in [6, 6.07) is 12.6. The molecule has 0 unspecified atom stereocenters. The smallest absolute Gasteiger partial charge is 0.244 e. The second-order valence-electron chi connectivity index (χ2n) is 9.25. The van der Waals surface area contributed by atoms with Crippen molar-refractivity contribution in [2.75, 3.05) is 44.7 Å². The van der Waals surface area contributed by atoms with Gasteiger partial charge in [0.25, 0.3) is 0 Å². The molecule has 3 heterocycles. The number of hydrogen-bond donors (Lipinski definition) is 0. The second kappa shape index (κ2) is 10.0. The lowest BCUT2D eigenvalue weighted by Crippen LogP contribution is -2.45. The molecule has 2 aliphatic heterocycles. The third-order valence-electron chi connectivity index (χ3n) is 6.73. The quantitative estimate of drug-likeness (QED) is 0.504. The van der Waals surface area contributed by atoms with Crippen LogP contribution in [0.15, 0.2) is 47.4 Å². The number of fused-ring (bicyclic) bond motifs is 1. The maximum absolute atomic E-state index is 13.9. The van der Waals surface area contributed by atoms with Crippen LogP contribution in [0.25, 0.3) is 0 Å². The summed E-state index contributed by atoms with van der Waals surface area (Å²) in [7, 11) is -1.89. The fraction of sp³-hybridized carbons (Fsp3) is 0.346. The molecule has 2 aromatic carbocycles.